The Kier molecular flexibility index (Phi) is 8.33. The molecule has 2 aliphatic rings. The van der Waals surface area contributed by atoms with Crippen LogP contribution in [0, 0.1) is 17.6 Å². The van der Waals surface area contributed by atoms with E-state index in [1.165, 1.54) is 40.6 Å². The highest BCUT2D eigenvalue weighted by Gasteiger charge is 2.35. The molecule has 1 saturated heterocycles. The van der Waals surface area contributed by atoms with E-state index in [2.05, 4.69) is 21.9 Å². The predicted molar refractivity (Wildman–Crippen MR) is 167 cm³/mol. The minimum Gasteiger partial charge on any atom is -0.507 e. The quantitative estimate of drug-likeness (QED) is 0.388. The second kappa shape index (κ2) is 11.8. The van der Waals surface area contributed by atoms with E-state index in [0.29, 0.717) is 18.8 Å². The van der Waals surface area contributed by atoms with Crippen LogP contribution in [-0.2, 0) is 4.79 Å². The first-order valence-corrected chi connectivity index (χ1v) is 15.2. The van der Waals surface area contributed by atoms with Gasteiger partial charge in [-0.2, -0.15) is 4.98 Å². The van der Waals surface area contributed by atoms with Crippen molar-refractivity contribution in [1.29, 1.82) is 0 Å². The lowest BCUT2D eigenvalue weighted by Gasteiger charge is -2.44. The summed E-state index contributed by atoms with van der Waals surface area (Å²) in [6.07, 6.45) is 6.82. The Labute approximate surface area is 252 Å². The van der Waals surface area contributed by atoms with Gasteiger partial charge >= 0.3 is 5.69 Å². The van der Waals surface area contributed by atoms with Gasteiger partial charge in [0, 0.05) is 30.1 Å². The smallest absolute Gasteiger partial charge is 0.355 e. The minimum atomic E-state index is -0.886. The summed E-state index contributed by atoms with van der Waals surface area (Å²) in [5.74, 6) is -2.18. The van der Waals surface area contributed by atoms with Crippen LogP contribution in [0.15, 0.2) is 58.9 Å². The summed E-state index contributed by atoms with van der Waals surface area (Å²) in [4.78, 5) is 40.0. The van der Waals surface area contributed by atoms with Crippen molar-refractivity contribution in [2.45, 2.75) is 45.8 Å². The molecule has 1 aromatic carbocycles. The number of thioether (sulfide) groups is 1. The van der Waals surface area contributed by atoms with Gasteiger partial charge in [-0.3, -0.25) is 4.79 Å². The molecule has 0 unspecified atom stereocenters. The lowest BCUT2D eigenvalue weighted by molar-refractivity contribution is -0.128. The number of halogens is 2. The van der Waals surface area contributed by atoms with Crippen molar-refractivity contribution < 1.29 is 18.7 Å². The number of carbonyl (C=O) groups is 1. The average Bonchev–Trinajstić information content (AvgIpc) is 2.97. The number of carbonyl (C=O) groups excluding carboxylic acids is 1. The van der Waals surface area contributed by atoms with Gasteiger partial charge in [-0.25, -0.2) is 23.1 Å². The summed E-state index contributed by atoms with van der Waals surface area (Å²) < 4.78 is 32.3. The Morgan fingerprint density at radius 1 is 1.19 bits per heavy atom. The highest BCUT2D eigenvalue weighted by molar-refractivity contribution is 8.02. The summed E-state index contributed by atoms with van der Waals surface area (Å²) in [5, 5.41) is 14.1. The second-order valence-corrected chi connectivity index (χ2v) is 11.9. The first-order valence-electron chi connectivity index (χ1n) is 14.0. The lowest BCUT2D eigenvalue weighted by Crippen LogP contribution is -2.58. The number of aromatic nitrogens is 3. The molecule has 43 heavy (non-hydrogen) atoms. The van der Waals surface area contributed by atoms with Crippen LogP contribution in [0.5, 0.6) is 5.75 Å². The van der Waals surface area contributed by atoms with Gasteiger partial charge in [-0.05, 0) is 62.6 Å². The van der Waals surface area contributed by atoms with Gasteiger partial charge in [0.05, 0.1) is 22.7 Å². The first-order chi connectivity index (χ1) is 20.5. The number of dihydropyridines is 1. The maximum absolute atomic E-state index is 15.9. The number of nitrogens with zero attached hydrogens (tertiary/aromatic N) is 5. The molecular formula is C31H34F2N6O3S. The van der Waals surface area contributed by atoms with Crippen LogP contribution >= 0.6 is 11.8 Å². The van der Waals surface area contributed by atoms with Crippen molar-refractivity contribution in [3.05, 3.63) is 76.2 Å². The number of rotatable bonds is 6. The molecule has 2 N–H and O–H groups in total. The van der Waals surface area contributed by atoms with Crippen molar-refractivity contribution >= 4 is 40.2 Å². The van der Waals surface area contributed by atoms with E-state index in [4.69, 9.17) is 0 Å². The number of allylic oxidation sites excluding steroid dienone is 1. The Balaban J connectivity index is 1.83. The minimum absolute atomic E-state index is 0.0376. The fourth-order valence-corrected chi connectivity index (χ4v) is 6.42. The third-order valence-electron chi connectivity index (χ3n) is 7.93. The van der Waals surface area contributed by atoms with Crippen molar-refractivity contribution in [1.82, 2.24) is 24.8 Å². The van der Waals surface area contributed by atoms with Gasteiger partial charge in [0.25, 0.3) is 0 Å². The Bertz CT molecular complexity index is 1720. The number of benzene rings is 1. The van der Waals surface area contributed by atoms with Crippen molar-refractivity contribution in [3.63, 3.8) is 0 Å². The largest absolute Gasteiger partial charge is 0.507 e. The van der Waals surface area contributed by atoms with Gasteiger partial charge in [0.2, 0.25) is 5.91 Å². The van der Waals surface area contributed by atoms with Crippen LogP contribution in [0.25, 0.3) is 28.0 Å². The molecule has 4 heterocycles. The Morgan fingerprint density at radius 3 is 2.58 bits per heavy atom. The van der Waals surface area contributed by atoms with E-state index in [1.54, 1.807) is 4.90 Å². The maximum Gasteiger partial charge on any atom is 0.355 e. The maximum atomic E-state index is 15.9. The predicted octanol–water partition coefficient (Wildman–Crippen LogP) is 4.73. The number of phenolic OH excluding ortho intramolecular Hbond substituents is 1. The molecule has 0 saturated carbocycles. The van der Waals surface area contributed by atoms with E-state index in [9.17, 15) is 14.7 Å². The summed E-state index contributed by atoms with van der Waals surface area (Å²) >= 11 is 1.44. The van der Waals surface area contributed by atoms with Crippen LogP contribution in [0.2, 0.25) is 0 Å². The summed E-state index contributed by atoms with van der Waals surface area (Å²) in [5.41, 5.74) is -0.812. The molecule has 0 radical (unpaired) electrons. The van der Waals surface area contributed by atoms with E-state index in [1.807, 2.05) is 51.1 Å². The van der Waals surface area contributed by atoms with Crippen LogP contribution in [-0.4, -0.2) is 67.9 Å². The number of hydrogen-bond donors (Lipinski definition) is 2. The molecule has 0 aliphatic carbocycles. The van der Waals surface area contributed by atoms with Crippen LogP contribution in [0.3, 0.4) is 0 Å². The van der Waals surface area contributed by atoms with Crippen LogP contribution < -0.4 is 15.9 Å². The van der Waals surface area contributed by atoms with E-state index in [-0.39, 0.29) is 46.8 Å². The molecule has 1 amide bonds. The van der Waals surface area contributed by atoms with Gasteiger partial charge in [-0.1, -0.05) is 26.5 Å². The fourth-order valence-electron chi connectivity index (χ4n) is 5.79. The molecule has 3 aromatic rings. The number of piperazine rings is 1. The number of amides is 1. The molecule has 5 rings (SSSR count). The van der Waals surface area contributed by atoms with Crippen molar-refractivity contribution in [2.24, 2.45) is 5.92 Å². The first kappa shape index (κ1) is 30.3. The molecule has 1 fully saturated rings. The van der Waals surface area contributed by atoms with E-state index >= 15 is 8.78 Å². The third-order valence-corrected chi connectivity index (χ3v) is 8.72. The number of fused-ring (bicyclic) bond motifs is 1. The molecule has 3 atom stereocenters. The number of phenols is 1. The zero-order valence-electron chi connectivity index (χ0n) is 24.6. The Morgan fingerprint density at radius 2 is 1.93 bits per heavy atom. The lowest BCUT2D eigenvalue weighted by atomic mass is 9.98. The molecule has 12 heteroatoms. The van der Waals surface area contributed by atoms with Gasteiger partial charge in [-0.15, -0.1) is 11.8 Å². The summed E-state index contributed by atoms with van der Waals surface area (Å²) in [6, 6.07) is 4.01. The molecule has 226 valence electrons. The zero-order chi connectivity index (χ0) is 31.2. The monoisotopic (exact) mass is 608 g/mol. The normalized spacial score (nSPS) is 20.6. The summed E-state index contributed by atoms with van der Waals surface area (Å²) in [6.45, 7) is 12.0. The zero-order valence-corrected chi connectivity index (χ0v) is 25.5. The van der Waals surface area contributed by atoms with Gasteiger partial charge < -0.3 is 20.2 Å². The number of pyridine rings is 1. The topological polar surface area (TPSA) is 104 Å². The number of nitrogens with one attached hydrogen (secondary N) is 1. The number of anilines is 1. The molecule has 0 bridgehead atoms. The fraction of sp³-hybridized carbons (Fsp3) is 0.355. The number of hydrogen-bond acceptors (Lipinski definition) is 8. The van der Waals surface area contributed by atoms with Gasteiger partial charge in [0.1, 0.15) is 23.1 Å². The SMILES string of the molecule is C=CC(=O)N1C[C@H](C)N(c2nc(=O)n(C3=C(SC)C=CN[C@H]3C(C)C)c3nc(-c4c(O)cccc4F)c(F)cc23)C[C@H]1C. The van der Waals surface area contributed by atoms with E-state index in [0.717, 1.165) is 11.0 Å². The second-order valence-electron chi connectivity index (χ2n) is 11.1. The summed E-state index contributed by atoms with van der Waals surface area (Å²) in [7, 11) is 0. The van der Waals surface area contributed by atoms with Crippen molar-refractivity contribution in [3.8, 4) is 17.0 Å². The molecule has 9 nitrogen and oxygen atoms in total. The molecular weight excluding hydrogens is 574 g/mol. The van der Waals surface area contributed by atoms with Crippen LogP contribution in [0.1, 0.15) is 27.7 Å². The molecule has 0 spiro atoms. The highest BCUT2D eigenvalue weighted by atomic mass is 32.2. The molecule has 2 aliphatic heterocycles. The molecule has 2 aromatic heterocycles. The highest BCUT2D eigenvalue weighted by Crippen LogP contribution is 2.38. The van der Waals surface area contributed by atoms with E-state index < -0.39 is 34.3 Å². The third kappa shape index (κ3) is 5.28. The Hall–Kier alpha value is -4.19. The van der Waals surface area contributed by atoms with Crippen molar-refractivity contribution in [2.75, 3.05) is 24.2 Å². The average molecular weight is 609 g/mol. The van der Waals surface area contributed by atoms with Gasteiger partial charge in [0.15, 0.2) is 11.5 Å². The standard InChI is InChI=1S/C31H34F2N6O3S/c1-7-24(41)37-14-18(5)38(15-17(37)4)29-19-13-21(33)27(25-20(32)9-8-10-22(25)40)35-30(19)39(31(42)36-29)28-23(43-6)11-12-34-26(28)16(2)3/h7-13,16-18,26,34,40H,1,14-15H2,2-6H3/t17-,18+,26+/m1/s1. The van der Waals surface area contributed by atoms with Crippen LogP contribution in [0.4, 0.5) is 14.6 Å². The number of aromatic hydroxyl groups is 1.